The lowest BCUT2D eigenvalue weighted by molar-refractivity contribution is 1.35. The highest BCUT2D eigenvalue weighted by atomic mass is 14.8. The molecule has 3 heterocycles. The van der Waals surface area contributed by atoms with E-state index in [2.05, 4.69) is 125 Å². The third-order valence-electron chi connectivity index (χ3n) is 8.52. The van der Waals surface area contributed by atoms with Gasteiger partial charge in [0, 0.05) is 40.3 Å². The maximum atomic E-state index is 5.21. The van der Waals surface area contributed by atoms with Crippen LogP contribution in [0.15, 0.2) is 140 Å². The SMILES string of the molecule is c1ccc2c(c1)ccc1cc(-c3cc(-c4ccc5ccc6cccnc6c5n4)c4cnccc4c3)c3ccccc3c12. The second-order valence-corrected chi connectivity index (χ2v) is 10.9. The van der Waals surface area contributed by atoms with E-state index in [1.165, 1.54) is 37.9 Å². The third kappa shape index (κ3) is 3.44. The summed E-state index contributed by atoms with van der Waals surface area (Å²) in [7, 11) is 0. The number of fused-ring (bicyclic) bond motifs is 9. The number of hydrogen-bond acceptors (Lipinski definition) is 3. The Morgan fingerprint density at radius 2 is 1.17 bits per heavy atom. The van der Waals surface area contributed by atoms with E-state index in [-0.39, 0.29) is 0 Å². The monoisotopic (exact) mass is 533 g/mol. The number of aromatic nitrogens is 3. The summed E-state index contributed by atoms with van der Waals surface area (Å²) in [5.41, 5.74) is 6.18. The smallest absolute Gasteiger partial charge is 0.0972 e. The molecule has 0 saturated heterocycles. The normalized spacial score (nSPS) is 11.8. The predicted molar refractivity (Wildman–Crippen MR) is 176 cm³/mol. The summed E-state index contributed by atoms with van der Waals surface area (Å²) in [5.74, 6) is 0. The van der Waals surface area contributed by atoms with Crippen molar-refractivity contribution in [2.24, 2.45) is 0 Å². The highest BCUT2D eigenvalue weighted by molar-refractivity contribution is 6.23. The molecule has 3 heteroatoms. The highest BCUT2D eigenvalue weighted by Gasteiger charge is 2.15. The second kappa shape index (κ2) is 8.92. The van der Waals surface area contributed by atoms with Crippen LogP contribution in [0.5, 0.6) is 0 Å². The lowest BCUT2D eigenvalue weighted by Crippen LogP contribution is -1.92. The number of nitrogens with zero attached hydrogens (tertiary/aromatic N) is 3. The van der Waals surface area contributed by atoms with Gasteiger partial charge >= 0.3 is 0 Å². The molecule has 0 aliphatic carbocycles. The van der Waals surface area contributed by atoms with Crippen molar-refractivity contribution in [3.63, 3.8) is 0 Å². The van der Waals surface area contributed by atoms with Crippen LogP contribution >= 0.6 is 0 Å². The molecule has 0 aliphatic rings. The summed E-state index contributed by atoms with van der Waals surface area (Å²) in [6, 6.07) is 43.5. The van der Waals surface area contributed by atoms with Gasteiger partial charge in [0.2, 0.25) is 0 Å². The van der Waals surface area contributed by atoms with Gasteiger partial charge in [-0.05, 0) is 85.2 Å². The Hall–Kier alpha value is -5.67. The van der Waals surface area contributed by atoms with Crippen molar-refractivity contribution in [1.29, 1.82) is 0 Å². The third-order valence-corrected chi connectivity index (χ3v) is 8.52. The zero-order valence-electron chi connectivity index (χ0n) is 22.6. The van der Waals surface area contributed by atoms with Crippen LogP contribution in [0.1, 0.15) is 0 Å². The van der Waals surface area contributed by atoms with Gasteiger partial charge in [-0.25, -0.2) is 4.98 Å². The Kier molecular flexibility index (Phi) is 4.90. The van der Waals surface area contributed by atoms with Crippen molar-refractivity contribution in [3.8, 4) is 22.4 Å². The molecule has 3 nitrogen and oxygen atoms in total. The van der Waals surface area contributed by atoms with Crippen molar-refractivity contribution in [3.05, 3.63) is 140 Å². The lowest BCUT2D eigenvalue weighted by atomic mass is 9.89. The van der Waals surface area contributed by atoms with Gasteiger partial charge < -0.3 is 0 Å². The first-order valence-corrected chi connectivity index (χ1v) is 14.2. The van der Waals surface area contributed by atoms with Gasteiger partial charge in [0.1, 0.15) is 0 Å². The van der Waals surface area contributed by atoms with Crippen molar-refractivity contribution in [2.45, 2.75) is 0 Å². The van der Waals surface area contributed by atoms with Crippen LogP contribution in [0.2, 0.25) is 0 Å². The molecule has 0 atom stereocenters. The molecule has 0 spiro atoms. The minimum Gasteiger partial charge on any atom is -0.264 e. The minimum absolute atomic E-state index is 0.913. The van der Waals surface area contributed by atoms with Gasteiger partial charge in [-0.1, -0.05) is 84.9 Å². The Morgan fingerprint density at radius 3 is 2.10 bits per heavy atom. The van der Waals surface area contributed by atoms with E-state index in [1.54, 1.807) is 0 Å². The molecule has 0 bridgehead atoms. The molecule has 6 aromatic carbocycles. The van der Waals surface area contributed by atoms with Gasteiger partial charge in [0.05, 0.1) is 16.7 Å². The number of rotatable bonds is 2. The van der Waals surface area contributed by atoms with E-state index in [4.69, 9.17) is 4.98 Å². The van der Waals surface area contributed by atoms with Crippen LogP contribution in [0.25, 0.3) is 87.3 Å². The van der Waals surface area contributed by atoms with Crippen molar-refractivity contribution in [2.75, 3.05) is 0 Å². The summed E-state index contributed by atoms with van der Waals surface area (Å²) in [4.78, 5) is 14.4. The van der Waals surface area contributed by atoms with Crippen LogP contribution in [0.3, 0.4) is 0 Å². The molecule has 194 valence electrons. The predicted octanol–water partition coefficient (Wildman–Crippen LogP) is 10.1. The van der Waals surface area contributed by atoms with E-state index >= 15 is 0 Å². The molecule has 0 saturated carbocycles. The maximum absolute atomic E-state index is 5.21. The fourth-order valence-electron chi connectivity index (χ4n) is 6.56. The first kappa shape index (κ1) is 23.1. The molecule has 0 aliphatic heterocycles. The summed E-state index contributed by atoms with van der Waals surface area (Å²) in [6.07, 6.45) is 5.65. The average Bonchev–Trinajstić information content (AvgIpc) is 3.07. The fraction of sp³-hybridized carbons (Fsp3) is 0. The fourth-order valence-corrected chi connectivity index (χ4v) is 6.56. The van der Waals surface area contributed by atoms with Crippen molar-refractivity contribution in [1.82, 2.24) is 15.0 Å². The van der Waals surface area contributed by atoms with Crippen LogP contribution in [0.4, 0.5) is 0 Å². The Morgan fingerprint density at radius 1 is 0.429 bits per heavy atom. The largest absolute Gasteiger partial charge is 0.264 e. The van der Waals surface area contributed by atoms with E-state index < -0.39 is 0 Å². The molecule has 42 heavy (non-hydrogen) atoms. The Labute approximate surface area is 241 Å². The zero-order valence-corrected chi connectivity index (χ0v) is 22.6. The second-order valence-electron chi connectivity index (χ2n) is 10.9. The first-order chi connectivity index (χ1) is 20.8. The van der Waals surface area contributed by atoms with Crippen LogP contribution < -0.4 is 0 Å². The van der Waals surface area contributed by atoms with Crippen LogP contribution in [-0.4, -0.2) is 15.0 Å². The first-order valence-electron chi connectivity index (χ1n) is 14.2. The highest BCUT2D eigenvalue weighted by Crippen LogP contribution is 2.41. The van der Waals surface area contributed by atoms with E-state index in [1.807, 2.05) is 24.7 Å². The standard InChI is InChI=1S/C39H23N3/c1-2-8-30-24(6-1)11-14-28-21-33(31-9-3-4-10-32(31)37(28)30)29-20-27-17-19-40-23-35(27)34(22-29)36-16-15-26-13-12-25-7-5-18-41-38(25)39(26)42-36/h1-23H. The summed E-state index contributed by atoms with van der Waals surface area (Å²) in [6.45, 7) is 0. The average molecular weight is 534 g/mol. The molecule has 0 radical (unpaired) electrons. The van der Waals surface area contributed by atoms with Crippen LogP contribution in [0, 0.1) is 0 Å². The van der Waals surface area contributed by atoms with Crippen LogP contribution in [-0.2, 0) is 0 Å². The van der Waals surface area contributed by atoms with Gasteiger partial charge in [-0.15, -0.1) is 0 Å². The van der Waals surface area contributed by atoms with Gasteiger partial charge in [0.15, 0.2) is 0 Å². The Balaban J connectivity index is 1.35. The lowest BCUT2D eigenvalue weighted by Gasteiger charge is -2.15. The molecule has 0 unspecified atom stereocenters. The number of hydrogen-bond donors (Lipinski definition) is 0. The summed E-state index contributed by atoms with van der Waals surface area (Å²) in [5, 5.41) is 12.0. The molecular weight excluding hydrogens is 510 g/mol. The zero-order chi connectivity index (χ0) is 27.6. The van der Waals surface area contributed by atoms with E-state index in [0.717, 1.165) is 49.4 Å². The minimum atomic E-state index is 0.913. The summed E-state index contributed by atoms with van der Waals surface area (Å²) >= 11 is 0. The molecule has 9 aromatic rings. The van der Waals surface area contributed by atoms with E-state index in [0.29, 0.717) is 0 Å². The Bertz CT molecular complexity index is 2530. The van der Waals surface area contributed by atoms with Gasteiger partial charge in [0.25, 0.3) is 0 Å². The number of benzene rings is 6. The molecular formula is C39H23N3. The van der Waals surface area contributed by atoms with Crippen molar-refractivity contribution < 1.29 is 0 Å². The molecule has 9 rings (SSSR count). The van der Waals surface area contributed by atoms with Crippen molar-refractivity contribution >= 4 is 64.9 Å². The van der Waals surface area contributed by atoms with Gasteiger partial charge in [-0.3, -0.25) is 9.97 Å². The summed E-state index contributed by atoms with van der Waals surface area (Å²) < 4.78 is 0. The molecule has 0 amide bonds. The van der Waals surface area contributed by atoms with E-state index in [9.17, 15) is 0 Å². The molecule has 0 fully saturated rings. The molecule has 3 aromatic heterocycles. The maximum Gasteiger partial charge on any atom is 0.0972 e. The topological polar surface area (TPSA) is 38.7 Å². The van der Waals surface area contributed by atoms with Gasteiger partial charge in [-0.2, -0.15) is 0 Å². The molecule has 0 N–H and O–H groups in total. The quantitative estimate of drug-likeness (QED) is 0.208. The number of pyridine rings is 3.